The van der Waals surface area contributed by atoms with Gasteiger partial charge in [-0.1, -0.05) is 48.0 Å². The van der Waals surface area contributed by atoms with Crippen LogP contribution in [0.2, 0.25) is 0 Å². The molecular formula is C26H28N4O2S. The Balaban J connectivity index is 1.42. The van der Waals surface area contributed by atoms with Gasteiger partial charge in [-0.25, -0.2) is 9.78 Å². The Morgan fingerprint density at radius 1 is 1.18 bits per heavy atom. The molecule has 0 bridgehead atoms. The smallest absolute Gasteiger partial charge is 0.317 e. The molecule has 3 aromatic rings. The van der Waals surface area contributed by atoms with E-state index in [1.807, 2.05) is 59.7 Å². The number of nitrogens with zero attached hydrogens (tertiary/aromatic N) is 2. The zero-order chi connectivity index (χ0) is 23.2. The van der Waals surface area contributed by atoms with E-state index in [4.69, 9.17) is 0 Å². The summed E-state index contributed by atoms with van der Waals surface area (Å²) in [5, 5.41) is 8.65. The molecule has 4 rings (SSSR count). The Kier molecular flexibility index (Phi) is 7.19. The van der Waals surface area contributed by atoms with Gasteiger partial charge in [0.1, 0.15) is 5.69 Å². The van der Waals surface area contributed by atoms with Crippen LogP contribution in [-0.4, -0.2) is 41.5 Å². The van der Waals surface area contributed by atoms with Crippen molar-refractivity contribution in [2.45, 2.75) is 25.7 Å². The van der Waals surface area contributed by atoms with E-state index >= 15 is 0 Å². The normalized spacial score (nSPS) is 14.0. The number of nitrogens with one attached hydrogen (secondary N) is 2. The van der Waals surface area contributed by atoms with Crippen molar-refractivity contribution < 1.29 is 9.59 Å². The van der Waals surface area contributed by atoms with Gasteiger partial charge in [-0.05, 0) is 37.5 Å². The lowest BCUT2D eigenvalue weighted by Gasteiger charge is -2.31. The maximum Gasteiger partial charge on any atom is 0.317 e. The first-order chi connectivity index (χ1) is 16.0. The van der Waals surface area contributed by atoms with E-state index in [-0.39, 0.29) is 17.9 Å². The summed E-state index contributed by atoms with van der Waals surface area (Å²) >= 11 is 1.52. The van der Waals surface area contributed by atoms with Gasteiger partial charge in [0, 0.05) is 42.2 Å². The van der Waals surface area contributed by atoms with Crippen molar-refractivity contribution in [3.63, 3.8) is 0 Å². The second kappa shape index (κ2) is 10.4. The molecular weight excluding hydrogens is 432 g/mol. The van der Waals surface area contributed by atoms with Crippen molar-refractivity contribution in [3.8, 4) is 11.1 Å². The van der Waals surface area contributed by atoms with Gasteiger partial charge >= 0.3 is 6.03 Å². The van der Waals surface area contributed by atoms with Crippen LogP contribution in [0.15, 0.2) is 66.6 Å². The Bertz CT molecular complexity index is 1130. The summed E-state index contributed by atoms with van der Waals surface area (Å²) in [5.74, 6) is 0.0547. The summed E-state index contributed by atoms with van der Waals surface area (Å²) in [6.45, 7) is 7.49. The molecule has 6 nitrogen and oxygen atoms in total. The fourth-order valence-electron chi connectivity index (χ4n) is 3.99. The minimum Gasteiger partial charge on any atom is -0.335 e. The molecule has 1 aliphatic heterocycles. The van der Waals surface area contributed by atoms with Crippen molar-refractivity contribution in [2.24, 2.45) is 0 Å². The van der Waals surface area contributed by atoms with Crippen LogP contribution in [0.5, 0.6) is 0 Å². The Morgan fingerprint density at radius 2 is 1.94 bits per heavy atom. The molecule has 1 fully saturated rings. The predicted octanol–water partition coefficient (Wildman–Crippen LogP) is 5.45. The zero-order valence-corrected chi connectivity index (χ0v) is 19.5. The summed E-state index contributed by atoms with van der Waals surface area (Å²) in [5.41, 5.74) is 4.37. The van der Waals surface area contributed by atoms with Crippen molar-refractivity contribution in [3.05, 3.63) is 82.8 Å². The molecule has 3 amide bonds. The summed E-state index contributed by atoms with van der Waals surface area (Å²) in [7, 11) is 0. The van der Waals surface area contributed by atoms with Gasteiger partial charge in [-0.3, -0.25) is 4.79 Å². The number of carbonyl (C=O) groups is 2. The van der Waals surface area contributed by atoms with Gasteiger partial charge in [0.15, 0.2) is 0 Å². The SMILES string of the molecule is C=CCNC(=O)N1CCC(c2nc(C(=O)Nc3ccc(C)cc3-c3ccccc3)cs2)CC1. The van der Waals surface area contributed by atoms with E-state index in [2.05, 4.69) is 28.3 Å². The molecule has 0 atom stereocenters. The maximum absolute atomic E-state index is 13.0. The summed E-state index contributed by atoms with van der Waals surface area (Å²) in [6, 6.07) is 16.0. The van der Waals surface area contributed by atoms with E-state index in [1.54, 1.807) is 6.08 Å². The number of rotatable bonds is 6. The molecule has 7 heteroatoms. The summed E-state index contributed by atoms with van der Waals surface area (Å²) in [6.07, 6.45) is 3.35. The highest BCUT2D eigenvalue weighted by molar-refractivity contribution is 7.10. The number of benzene rings is 2. The third kappa shape index (κ3) is 5.49. The van der Waals surface area contributed by atoms with E-state index in [0.29, 0.717) is 25.3 Å². The van der Waals surface area contributed by atoms with Gasteiger partial charge < -0.3 is 15.5 Å². The van der Waals surface area contributed by atoms with Gasteiger partial charge in [0.05, 0.1) is 5.01 Å². The Hall–Kier alpha value is -3.45. The van der Waals surface area contributed by atoms with Crippen LogP contribution in [0.25, 0.3) is 11.1 Å². The lowest BCUT2D eigenvalue weighted by atomic mass is 9.98. The number of anilines is 1. The van der Waals surface area contributed by atoms with Crippen LogP contribution in [0.1, 0.15) is 39.8 Å². The Morgan fingerprint density at radius 3 is 2.67 bits per heavy atom. The predicted molar refractivity (Wildman–Crippen MR) is 134 cm³/mol. The minimum absolute atomic E-state index is 0.0557. The van der Waals surface area contributed by atoms with Crippen LogP contribution in [0, 0.1) is 6.92 Å². The number of hydrogen-bond acceptors (Lipinski definition) is 4. The summed E-state index contributed by atoms with van der Waals surface area (Å²) < 4.78 is 0. The van der Waals surface area contributed by atoms with Crippen molar-refractivity contribution in [1.29, 1.82) is 0 Å². The molecule has 2 N–H and O–H groups in total. The topological polar surface area (TPSA) is 74.3 Å². The number of thiazole rings is 1. The van der Waals surface area contributed by atoms with E-state index in [1.165, 1.54) is 11.3 Å². The van der Waals surface area contributed by atoms with E-state index < -0.39 is 0 Å². The maximum atomic E-state index is 13.0. The number of hydrogen-bond donors (Lipinski definition) is 2. The lowest BCUT2D eigenvalue weighted by molar-refractivity contribution is 0.102. The molecule has 0 aliphatic carbocycles. The third-order valence-corrected chi connectivity index (χ3v) is 6.80. The average molecular weight is 461 g/mol. The molecule has 0 radical (unpaired) electrons. The molecule has 0 spiro atoms. The fraction of sp³-hybridized carbons (Fsp3) is 0.269. The van der Waals surface area contributed by atoms with Crippen LogP contribution in [0.4, 0.5) is 10.5 Å². The van der Waals surface area contributed by atoms with Crippen LogP contribution < -0.4 is 10.6 Å². The first-order valence-corrected chi connectivity index (χ1v) is 12.0. The number of urea groups is 1. The molecule has 2 heterocycles. The average Bonchev–Trinajstić information content (AvgIpc) is 3.35. The van der Waals surface area contributed by atoms with Crippen LogP contribution in [-0.2, 0) is 0 Å². The number of amides is 3. The Labute approximate surface area is 198 Å². The highest BCUT2D eigenvalue weighted by atomic mass is 32.1. The first kappa shape index (κ1) is 22.7. The van der Waals surface area contributed by atoms with Gasteiger partial charge in [-0.15, -0.1) is 17.9 Å². The number of carbonyl (C=O) groups excluding carboxylic acids is 2. The third-order valence-electron chi connectivity index (χ3n) is 5.79. The molecule has 1 aromatic heterocycles. The standard InChI is InChI=1S/C26H28N4O2S/c1-3-13-27-26(32)30-14-11-20(12-15-30)25-29-23(17-33-25)24(31)28-22-10-9-18(2)16-21(22)19-7-5-4-6-8-19/h3-10,16-17,20H,1,11-15H2,2H3,(H,27,32)(H,28,31). The molecule has 0 unspecified atom stereocenters. The van der Waals surface area contributed by atoms with Crippen LogP contribution in [0.3, 0.4) is 0 Å². The molecule has 1 saturated heterocycles. The van der Waals surface area contributed by atoms with Gasteiger partial charge in [-0.2, -0.15) is 0 Å². The molecule has 1 aliphatic rings. The van der Waals surface area contributed by atoms with Crippen LogP contribution >= 0.6 is 11.3 Å². The quantitative estimate of drug-likeness (QED) is 0.481. The number of aromatic nitrogens is 1. The zero-order valence-electron chi connectivity index (χ0n) is 18.7. The highest BCUT2D eigenvalue weighted by Gasteiger charge is 2.26. The van der Waals surface area contributed by atoms with Gasteiger partial charge in [0.25, 0.3) is 5.91 Å². The second-order valence-electron chi connectivity index (χ2n) is 8.18. The fourth-order valence-corrected chi connectivity index (χ4v) is 4.96. The molecule has 33 heavy (non-hydrogen) atoms. The first-order valence-electron chi connectivity index (χ1n) is 11.1. The molecule has 0 saturated carbocycles. The van der Waals surface area contributed by atoms with E-state index in [0.717, 1.165) is 40.2 Å². The van der Waals surface area contributed by atoms with Crippen molar-refractivity contribution >= 4 is 29.0 Å². The number of likely N-dealkylation sites (tertiary alicyclic amines) is 1. The summed E-state index contributed by atoms with van der Waals surface area (Å²) in [4.78, 5) is 31.6. The van der Waals surface area contributed by atoms with E-state index in [9.17, 15) is 9.59 Å². The largest absolute Gasteiger partial charge is 0.335 e. The molecule has 2 aromatic carbocycles. The van der Waals surface area contributed by atoms with Gasteiger partial charge in [0.2, 0.25) is 0 Å². The lowest BCUT2D eigenvalue weighted by Crippen LogP contribution is -2.44. The number of aryl methyl sites for hydroxylation is 1. The molecule has 170 valence electrons. The monoisotopic (exact) mass is 460 g/mol. The van der Waals surface area contributed by atoms with Crippen molar-refractivity contribution in [1.82, 2.24) is 15.2 Å². The highest BCUT2D eigenvalue weighted by Crippen LogP contribution is 2.32. The number of piperidine rings is 1. The second-order valence-corrected chi connectivity index (χ2v) is 9.07. The minimum atomic E-state index is -0.209. The van der Waals surface area contributed by atoms with Crippen molar-refractivity contribution in [2.75, 3.05) is 25.0 Å².